The van der Waals surface area contributed by atoms with Gasteiger partial charge in [0.15, 0.2) is 5.82 Å². The molecule has 0 aromatic carbocycles. The molecule has 0 aliphatic carbocycles. The smallest absolute Gasteiger partial charge is 0.225 e. The standard InChI is InChI=1S/C10H10ClN5OS/c11-10-14-7-6(12-5-13-9(7)18)8(15-10)16-1-3-17-4-2-16/h5H,1-4H2,(H,12,13,18). The van der Waals surface area contributed by atoms with E-state index >= 15 is 0 Å². The minimum atomic E-state index is 0.175. The molecule has 0 unspecified atom stereocenters. The highest BCUT2D eigenvalue weighted by molar-refractivity contribution is 7.80. The number of halogens is 1. The van der Waals surface area contributed by atoms with Crippen LogP contribution < -0.4 is 4.90 Å². The van der Waals surface area contributed by atoms with Crippen molar-refractivity contribution in [2.45, 2.75) is 5.03 Å². The maximum absolute atomic E-state index is 5.95. The molecule has 1 aliphatic heterocycles. The fourth-order valence-corrected chi connectivity index (χ4v) is 2.26. The maximum atomic E-state index is 5.95. The predicted octanol–water partition coefficient (Wildman–Crippen LogP) is 1.20. The minimum absolute atomic E-state index is 0.175. The Bertz CT molecular complexity index is 590. The van der Waals surface area contributed by atoms with Gasteiger partial charge in [-0.1, -0.05) is 0 Å². The van der Waals surface area contributed by atoms with Crippen LogP contribution in [0.2, 0.25) is 5.28 Å². The minimum Gasteiger partial charge on any atom is -0.378 e. The normalized spacial score (nSPS) is 16.2. The zero-order chi connectivity index (χ0) is 12.5. The summed E-state index contributed by atoms with van der Waals surface area (Å²) in [6.45, 7) is 2.85. The molecule has 2 aromatic heterocycles. The third kappa shape index (κ3) is 2.09. The number of morpholine rings is 1. The Morgan fingerprint density at radius 1 is 1.17 bits per heavy atom. The van der Waals surface area contributed by atoms with Crippen molar-refractivity contribution in [1.82, 2.24) is 19.9 Å². The molecule has 2 aromatic rings. The van der Waals surface area contributed by atoms with E-state index in [0.29, 0.717) is 35.1 Å². The Kier molecular flexibility index (Phi) is 3.19. The van der Waals surface area contributed by atoms with Gasteiger partial charge in [-0.15, -0.1) is 12.6 Å². The van der Waals surface area contributed by atoms with E-state index in [0.717, 1.165) is 13.1 Å². The van der Waals surface area contributed by atoms with Crippen LogP contribution in [0, 0.1) is 0 Å². The largest absolute Gasteiger partial charge is 0.378 e. The van der Waals surface area contributed by atoms with Gasteiger partial charge in [-0.05, 0) is 11.6 Å². The second kappa shape index (κ2) is 4.83. The highest BCUT2D eigenvalue weighted by atomic mass is 35.5. The van der Waals surface area contributed by atoms with Crippen LogP contribution >= 0.6 is 24.2 Å². The third-order valence-corrected chi connectivity index (χ3v) is 3.22. The molecular weight excluding hydrogens is 274 g/mol. The molecule has 0 amide bonds. The fraction of sp³-hybridized carbons (Fsp3) is 0.400. The number of thiol groups is 1. The summed E-state index contributed by atoms with van der Waals surface area (Å²) in [6, 6.07) is 0. The van der Waals surface area contributed by atoms with Crippen molar-refractivity contribution in [2.75, 3.05) is 31.2 Å². The average molecular weight is 284 g/mol. The summed E-state index contributed by atoms with van der Waals surface area (Å²) >= 11 is 10.2. The Hall–Kier alpha value is -1.18. The molecule has 1 aliphatic rings. The van der Waals surface area contributed by atoms with Gasteiger partial charge in [0.1, 0.15) is 22.4 Å². The zero-order valence-electron chi connectivity index (χ0n) is 9.38. The lowest BCUT2D eigenvalue weighted by Crippen LogP contribution is -2.37. The molecule has 3 rings (SSSR count). The third-order valence-electron chi connectivity index (χ3n) is 2.73. The number of nitrogens with zero attached hydrogens (tertiary/aromatic N) is 5. The second-order valence-electron chi connectivity index (χ2n) is 3.81. The average Bonchev–Trinajstić information content (AvgIpc) is 2.40. The van der Waals surface area contributed by atoms with E-state index in [1.807, 2.05) is 0 Å². The van der Waals surface area contributed by atoms with Crippen LogP contribution in [0.4, 0.5) is 5.82 Å². The number of fused-ring (bicyclic) bond motifs is 1. The molecule has 0 atom stereocenters. The highest BCUT2D eigenvalue weighted by Gasteiger charge is 2.19. The Morgan fingerprint density at radius 3 is 2.72 bits per heavy atom. The van der Waals surface area contributed by atoms with Crippen LogP contribution in [-0.4, -0.2) is 46.2 Å². The molecule has 94 valence electrons. The van der Waals surface area contributed by atoms with Crippen molar-refractivity contribution in [1.29, 1.82) is 0 Å². The summed E-state index contributed by atoms with van der Waals surface area (Å²) in [7, 11) is 0. The molecule has 0 bridgehead atoms. The summed E-state index contributed by atoms with van der Waals surface area (Å²) < 4.78 is 5.32. The number of hydrogen-bond donors (Lipinski definition) is 1. The number of anilines is 1. The first-order valence-corrected chi connectivity index (χ1v) is 6.28. The van der Waals surface area contributed by atoms with E-state index in [1.165, 1.54) is 6.33 Å². The fourth-order valence-electron chi connectivity index (χ4n) is 1.89. The van der Waals surface area contributed by atoms with E-state index in [2.05, 4.69) is 37.5 Å². The topological polar surface area (TPSA) is 64.0 Å². The van der Waals surface area contributed by atoms with Crippen molar-refractivity contribution in [3.05, 3.63) is 11.6 Å². The summed E-state index contributed by atoms with van der Waals surface area (Å²) in [5.74, 6) is 0.714. The molecule has 0 radical (unpaired) electrons. The molecule has 0 saturated carbocycles. The van der Waals surface area contributed by atoms with Crippen molar-refractivity contribution >= 4 is 41.1 Å². The molecule has 3 heterocycles. The zero-order valence-corrected chi connectivity index (χ0v) is 11.0. The van der Waals surface area contributed by atoms with Crippen molar-refractivity contribution < 1.29 is 4.74 Å². The molecule has 8 heteroatoms. The van der Waals surface area contributed by atoms with Gasteiger partial charge in [-0.2, -0.15) is 4.98 Å². The molecular formula is C10H10ClN5OS. The maximum Gasteiger partial charge on any atom is 0.225 e. The SMILES string of the molecule is Sc1ncnc2c(N3CCOCC3)nc(Cl)nc12. The molecule has 1 fully saturated rings. The van der Waals surface area contributed by atoms with Gasteiger partial charge < -0.3 is 9.64 Å². The van der Waals surface area contributed by atoms with E-state index in [4.69, 9.17) is 16.3 Å². The monoisotopic (exact) mass is 283 g/mol. The quantitative estimate of drug-likeness (QED) is 0.482. The Balaban J connectivity index is 2.18. The summed E-state index contributed by atoms with van der Waals surface area (Å²) in [5.41, 5.74) is 1.24. The van der Waals surface area contributed by atoms with Crippen LogP contribution in [0.25, 0.3) is 11.0 Å². The summed E-state index contributed by atoms with van der Waals surface area (Å²) in [5, 5.41) is 0.674. The van der Waals surface area contributed by atoms with Gasteiger partial charge in [-0.25, -0.2) is 15.0 Å². The lowest BCUT2D eigenvalue weighted by Gasteiger charge is -2.28. The number of aromatic nitrogens is 4. The predicted molar refractivity (Wildman–Crippen MR) is 70.4 cm³/mol. The highest BCUT2D eigenvalue weighted by Crippen LogP contribution is 2.26. The summed E-state index contributed by atoms with van der Waals surface area (Å²) in [6.07, 6.45) is 1.45. The first-order valence-electron chi connectivity index (χ1n) is 5.45. The number of ether oxygens (including phenoxy) is 1. The molecule has 0 spiro atoms. The van der Waals surface area contributed by atoms with Gasteiger partial charge in [0.25, 0.3) is 0 Å². The van der Waals surface area contributed by atoms with Gasteiger partial charge in [0.05, 0.1) is 13.2 Å². The second-order valence-corrected chi connectivity index (χ2v) is 4.57. The van der Waals surface area contributed by atoms with Crippen LogP contribution in [0.3, 0.4) is 0 Å². The molecule has 6 nitrogen and oxygen atoms in total. The Labute approximate surface area is 114 Å². The van der Waals surface area contributed by atoms with Gasteiger partial charge >= 0.3 is 0 Å². The van der Waals surface area contributed by atoms with E-state index in [9.17, 15) is 0 Å². The van der Waals surface area contributed by atoms with Crippen LogP contribution in [-0.2, 0) is 4.74 Å². The van der Waals surface area contributed by atoms with Crippen LogP contribution in [0.1, 0.15) is 0 Å². The van der Waals surface area contributed by atoms with Crippen molar-refractivity contribution in [3.8, 4) is 0 Å². The molecule has 18 heavy (non-hydrogen) atoms. The molecule has 0 N–H and O–H groups in total. The Morgan fingerprint density at radius 2 is 1.94 bits per heavy atom. The lowest BCUT2D eigenvalue weighted by molar-refractivity contribution is 0.122. The first kappa shape index (κ1) is 11.9. The number of hydrogen-bond acceptors (Lipinski definition) is 7. The van der Waals surface area contributed by atoms with E-state index in [-0.39, 0.29) is 5.28 Å². The van der Waals surface area contributed by atoms with Gasteiger partial charge in [0, 0.05) is 13.1 Å². The van der Waals surface area contributed by atoms with Crippen molar-refractivity contribution in [2.24, 2.45) is 0 Å². The van der Waals surface area contributed by atoms with Gasteiger partial charge in [-0.3, -0.25) is 0 Å². The van der Waals surface area contributed by atoms with Crippen molar-refractivity contribution in [3.63, 3.8) is 0 Å². The van der Waals surface area contributed by atoms with Gasteiger partial charge in [0.2, 0.25) is 5.28 Å². The van der Waals surface area contributed by atoms with Crippen LogP contribution in [0.5, 0.6) is 0 Å². The number of rotatable bonds is 1. The lowest BCUT2D eigenvalue weighted by atomic mass is 10.3. The first-order chi connectivity index (χ1) is 8.75. The molecule has 1 saturated heterocycles. The van der Waals surface area contributed by atoms with E-state index in [1.54, 1.807) is 0 Å². The van der Waals surface area contributed by atoms with E-state index < -0.39 is 0 Å². The van der Waals surface area contributed by atoms with Crippen LogP contribution in [0.15, 0.2) is 11.4 Å². The summed E-state index contributed by atoms with van der Waals surface area (Å²) in [4.78, 5) is 18.7.